The van der Waals surface area contributed by atoms with Crippen molar-refractivity contribution in [2.45, 2.75) is 32.1 Å². The van der Waals surface area contributed by atoms with Gasteiger partial charge in [0.15, 0.2) is 11.6 Å². The molecule has 2 aliphatic heterocycles. The fourth-order valence-electron chi connectivity index (χ4n) is 4.79. The number of aromatic nitrogens is 2. The molecular weight excluding hydrogens is 424 g/mol. The maximum absolute atomic E-state index is 6.41. The SMILES string of the molecule is CC.COc1ccccc1-c1cccc(C2(CN)CCN(c3ncnc4c3N=CCN4)CC2)c1. The quantitative estimate of drug-likeness (QED) is 0.571. The van der Waals surface area contributed by atoms with E-state index in [1.807, 2.05) is 38.3 Å². The number of piperidine rings is 1. The van der Waals surface area contributed by atoms with Crippen molar-refractivity contribution in [1.82, 2.24) is 9.97 Å². The van der Waals surface area contributed by atoms with Gasteiger partial charge in [0.25, 0.3) is 0 Å². The van der Waals surface area contributed by atoms with Gasteiger partial charge in [-0.1, -0.05) is 56.3 Å². The molecule has 0 radical (unpaired) electrons. The van der Waals surface area contributed by atoms with Crippen LogP contribution in [0.4, 0.5) is 17.3 Å². The number of ether oxygens (including phenoxy) is 1. The van der Waals surface area contributed by atoms with Crippen molar-refractivity contribution in [2.75, 3.05) is 43.5 Å². The van der Waals surface area contributed by atoms with Crippen LogP contribution < -0.4 is 20.7 Å². The van der Waals surface area contributed by atoms with E-state index in [1.54, 1.807) is 13.4 Å². The van der Waals surface area contributed by atoms with Crippen molar-refractivity contribution < 1.29 is 4.74 Å². The van der Waals surface area contributed by atoms with Gasteiger partial charge in [-0.25, -0.2) is 9.97 Å². The minimum Gasteiger partial charge on any atom is -0.496 e. The molecule has 1 aromatic heterocycles. The predicted octanol–water partition coefficient (Wildman–Crippen LogP) is 4.80. The van der Waals surface area contributed by atoms with Crippen LogP contribution in [0, 0.1) is 0 Å². The Morgan fingerprint density at radius 2 is 1.85 bits per heavy atom. The number of rotatable bonds is 5. The van der Waals surface area contributed by atoms with E-state index in [2.05, 4.69) is 55.5 Å². The minimum atomic E-state index is -0.0663. The minimum absolute atomic E-state index is 0.0663. The lowest BCUT2D eigenvalue weighted by Crippen LogP contribution is -2.47. The lowest BCUT2D eigenvalue weighted by atomic mass is 9.72. The Morgan fingerprint density at radius 3 is 2.62 bits per heavy atom. The number of methoxy groups -OCH3 is 1. The van der Waals surface area contributed by atoms with E-state index in [-0.39, 0.29) is 5.41 Å². The molecule has 1 fully saturated rings. The normalized spacial score (nSPS) is 16.1. The highest BCUT2D eigenvalue weighted by atomic mass is 16.5. The van der Waals surface area contributed by atoms with Gasteiger partial charge in [0.2, 0.25) is 0 Å². The average molecular weight is 459 g/mol. The molecule has 0 bridgehead atoms. The Morgan fingerprint density at radius 1 is 1.06 bits per heavy atom. The van der Waals surface area contributed by atoms with Crippen molar-refractivity contribution in [1.29, 1.82) is 0 Å². The highest BCUT2D eigenvalue weighted by Gasteiger charge is 2.36. The lowest BCUT2D eigenvalue weighted by Gasteiger charge is -2.42. The molecule has 0 atom stereocenters. The number of para-hydroxylation sites is 1. The first-order chi connectivity index (χ1) is 16.7. The third-order valence-corrected chi connectivity index (χ3v) is 6.69. The number of anilines is 2. The number of nitrogens with one attached hydrogen (secondary N) is 1. The molecule has 3 aromatic rings. The van der Waals surface area contributed by atoms with Crippen molar-refractivity contribution >= 4 is 23.5 Å². The van der Waals surface area contributed by atoms with Gasteiger partial charge in [-0.15, -0.1) is 0 Å². The lowest BCUT2D eigenvalue weighted by molar-refractivity contribution is 0.339. The van der Waals surface area contributed by atoms with Crippen LogP contribution >= 0.6 is 0 Å². The second kappa shape index (κ2) is 10.7. The number of fused-ring (bicyclic) bond motifs is 1. The third-order valence-electron chi connectivity index (χ3n) is 6.69. The molecule has 0 spiro atoms. The van der Waals surface area contributed by atoms with Crippen LogP contribution in [0.1, 0.15) is 32.3 Å². The van der Waals surface area contributed by atoms with E-state index in [4.69, 9.17) is 10.5 Å². The molecule has 2 aliphatic rings. The van der Waals surface area contributed by atoms with Crippen LogP contribution in [0.25, 0.3) is 11.1 Å². The summed E-state index contributed by atoms with van der Waals surface area (Å²) >= 11 is 0. The first-order valence-electron chi connectivity index (χ1n) is 12.0. The molecule has 0 amide bonds. The van der Waals surface area contributed by atoms with Crippen molar-refractivity contribution in [3.8, 4) is 16.9 Å². The molecule has 0 unspecified atom stereocenters. The molecule has 2 aromatic carbocycles. The standard InChI is InChI=1S/C25H28N6O.C2H6/c1-32-21-8-3-2-7-20(21)18-5-4-6-19(15-18)25(16-26)9-13-31(14-10-25)24-22-23(29-17-30-24)28-12-11-27-22;1-2/h2-8,11,15,17H,9-10,12-14,16,26H2,1H3,(H,28,29,30);1-2H3. The number of hydrogen-bond acceptors (Lipinski definition) is 7. The molecule has 3 N–H and O–H groups in total. The fourth-order valence-corrected chi connectivity index (χ4v) is 4.79. The number of nitrogens with two attached hydrogens (primary N) is 1. The Kier molecular flexibility index (Phi) is 7.43. The first-order valence-corrected chi connectivity index (χ1v) is 12.0. The number of aliphatic imine (C=N–C) groups is 1. The van der Waals surface area contributed by atoms with Gasteiger partial charge in [0, 0.05) is 36.8 Å². The second-order valence-corrected chi connectivity index (χ2v) is 8.34. The Balaban J connectivity index is 0.00000133. The third kappa shape index (κ3) is 4.48. The van der Waals surface area contributed by atoms with Crippen molar-refractivity contribution in [3.05, 3.63) is 60.4 Å². The van der Waals surface area contributed by atoms with E-state index in [1.165, 1.54) is 5.56 Å². The summed E-state index contributed by atoms with van der Waals surface area (Å²) in [7, 11) is 1.71. The van der Waals surface area contributed by atoms with E-state index < -0.39 is 0 Å². The fraction of sp³-hybridized carbons (Fsp3) is 0.370. The van der Waals surface area contributed by atoms with E-state index in [0.29, 0.717) is 13.1 Å². The van der Waals surface area contributed by atoms with Gasteiger partial charge in [-0.3, -0.25) is 4.99 Å². The van der Waals surface area contributed by atoms with Gasteiger partial charge in [0.05, 0.1) is 13.7 Å². The zero-order chi connectivity index (χ0) is 24.0. The second-order valence-electron chi connectivity index (χ2n) is 8.34. The maximum atomic E-state index is 6.41. The summed E-state index contributed by atoms with van der Waals surface area (Å²) in [5.41, 5.74) is 10.7. The Bertz CT molecular complexity index is 1140. The largest absolute Gasteiger partial charge is 0.496 e. The molecule has 7 nitrogen and oxygen atoms in total. The summed E-state index contributed by atoms with van der Waals surface area (Å²) in [6.07, 6.45) is 5.39. The highest BCUT2D eigenvalue weighted by molar-refractivity contribution is 5.84. The van der Waals surface area contributed by atoms with E-state index >= 15 is 0 Å². The maximum Gasteiger partial charge on any atom is 0.160 e. The summed E-state index contributed by atoms with van der Waals surface area (Å²) in [4.78, 5) is 15.7. The molecule has 0 saturated carbocycles. The Hall–Kier alpha value is -3.45. The van der Waals surface area contributed by atoms with Gasteiger partial charge >= 0.3 is 0 Å². The average Bonchev–Trinajstić information content (AvgIpc) is 2.94. The number of benzene rings is 2. The Labute approximate surface area is 202 Å². The molecule has 7 heteroatoms. The van der Waals surface area contributed by atoms with E-state index in [0.717, 1.165) is 60.1 Å². The molecular formula is C27H34N6O. The van der Waals surface area contributed by atoms with Crippen LogP contribution in [0.5, 0.6) is 5.75 Å². The summed E-state index contributed by atoms with van der Waals surface area (Å²) in [6, 6.07) is 16.9. The zero-order valence-electron chi connectivity index (χ0n) is 20.3. The van der Waals surface area contributed by atoms with Gasteiger partial charge in [-0.2, -0.15) is 0 Å². The topological polar surface area (TPSA) is 88.7 Å². The summed E-state index contributed by atoms with van der Waals surface area (Å²) in [6.45, 7) is 7.05. The summed E-state index contributed by atoms with van der Waals surface area (Å²) < 4.78 is 5.59. The highest BCUT2D eigenvalue weighted by Crippen LogP contribution is 2.41. The molecule has 1 saturated heterocycles. The number of nitrogens with zero attached hydrogens (tertiary/aromatic N) is 4. The van der Waals surface area contributed by atoms with Crippen LogP contribution in [-0.2, 0) is 5.41 Å². The number of hydrogen-bond donors (Lipinski definition) is 2. The molecule has 178 valence electrons. The summed E-state index contributed by atoms with van der Waals surface area (Å²) in [5.74, 6) is 2.58. The van der Waals surface area contributed by atoms with Crippen LogP contribution in [0.3, 0.4) is 0 Å². The zero-order valence-corrected chi connectivity index (χ0v) is 20.3. The molecule has 5 rings (SSSR count). The van der Waals surface area contributed by atoms with Gasteiger partial charge < -0.3 is 20.7 Å². The molecule has 3 heterocycles. The smallest absolute Gasteiger partial charge is 0.160 e. The van der Waals surface area contributed by atoms with Crippen LogP contribution in [0.2, 0.25) is 0 Å². The van der Waals surface area contributed by atoms with Crippen molar-refractivity contribution in [3.63, 3.8) is 0 Å². The van der Waals surface area contributed by atoms with Crippen LogP contribution in [-0.4, -0.2) is 49.5 Å². The monoisotopic (exact) mass is 458 g/mol. The van der Waals surface area contributed by atoms with Crippen molar-refractivity contribution in [2.24, 2.45) is 10.7 Å². The molecule has 34 heavy (non-hydrogen) atoms. The summed E-state index contributed by atoms with van der Waals surface area (Å²) in [5, 5.41) is 3.27. The van der Waals surface area contributed by atoms with Crippen LogP contribution in [0.15, 0.2) is 59.9 Å². The first kappa shape index (κ1) is 23.7. The molecule has 0 aliphatic carbocycles. The van der Waals surface area contributed by atoms with Gasteiger partial charge in [0.1, 0.15) is 17.8 Å². The predicted molar refractivity (Wildman–Crippen MR) is 141 cm³/mol. The van der Waals surface area contributed by atoms with E-state index in [9.17, 15) is 0 Å². The van der Waals surface area contributed by atoms with Gasteiger partial charge in [-0.05, 0) is 30.0 Å².